The molecule has 78 heavy (non-hydrogen) atoms. The second-order valence-corrected chi connectivity index (χ2v) is 19.6. The van der Waals surface area contributed by atoms with Gasteiger partial charge in [0.15, 0.2) is 23.3 Å². The smallest absolute Gasteiger partial charge is 0.200 e. The summed E-state index contributed by atoms with van der Waals surface area (Å²) in [6, 6.07) is 77.8. The van der Waals surface area contributed by atoms with Gasteiger partial charge in [0, 0.05) is 39.1 Å². The molecule has 13 rings (SSSR count). The molecule has 2 nitrogen and oxygen atoms in total. The molecule has 0 bridgehead atoms. The minimum Gasteiger partial charge on any atom is -0.310 e. The van der Waals surface area contributed by atoms with E-state index in [0.717, 1.165) is 77.8 Å². The monoisotopic (exact) mass is 1020 g/mol. The number of rotatable bonds is 11. The number of benzene rings is 11. The Balaban J connectivity index is 0.988. The number of nitrogens with zero attached hydrogens (tertiary/aromatic N) is 2. The van der Waals surface area contributed by atoms with E-state index in [1.807, 2.05) is 120 Å². The molecule has 0 N–H and O–H groups in total. The van der Waals surface area contributed by atoms with E-state index in [-0.39, 0.29) is 0 Å². The summed E-state index contributed by atoms with van der Waals surface area (Å²) in [4.78, 5) is 2.05. The molecule has 12 aromatic rings. The van der Waals surface area contributed by atoms with Gasteiger partial charge in [-0.25, -0.2) is 22.0 Å². The molecule has 0 amide bonds. The Morgan fingerprint density at radius 2 is 0.782 bits per heavy atom. The van der Waals surface area contributed by atoms with E-state index in [9.17, 15) is 4.39 Å². The maximum absolute atomic E-state index is 16.9. The first-order valence-electron chi connectivity index (χ1n) is 25.6. The highest BCUT2D eigenvalue weighted by Gasteiger charge is 2.51. The van der Waals surface area contributed by atoms with Crippen molar-refractivity contribution in [3.05, 3.63) is 312 Å². The van der Waals surface area contributed by atoms with Gasteiger partial charge in [-0.1, -0.05) is 189 Å². The van der Waals surface area contributed by atoms with Crippen LogP contribution in [0.15, 0.2) is 250 Å². The normalized spacial score (nSPS) is 13.6. The van der Waals surface area contributed by atoms with E-state index in [1.54, 1.807) is 48.5 Å². The van der Waals surface area contributed by atoms with Gasteiger partial charge < -0.3 is 9.47 Å². The van der Waals surface area contributed by atoms with E-state index in [0.29, 0.717) is 39.1 Å². The van der Waals surface area contributed by atoms with Crippen LogP contribution in [0.5, 0.6) is 0 Å². The van der Waals surface area contributed by atoms with Gasteiger partial charge in [0.2, 0.25) is 5.82 Å². The lowest BCUT2D eigenvalue weighted by Gasteiger charge is -2.35. The summed E-state index contributed by atoms with van der Waals surface area (Å²) in [5.74, 6) is -10.1. The standard InChI is InChI=1S/C71H45F5N2/c1-3-44-19-23-48(24-20-44)50-29-39-63-59(41-50)60-42-51(30-40-64(60)78(63)53-15-9-6-10-16-53)49-27-35-55(36-28-49)77(54-33-25-47(26-34-54)46-13-7-5-8-14-46)56-37-38-58-57-17-11-12-18-61(57)71(62(58)43-56,52-31-21-45(4-2)22-32-52)65-66(72)68(74)70(76)69(75)67(65)73/h3-43H,1-2H2. The highest BCUT2D eigenvalue weighted by molar-refractivity contribution is 6.11. The molecule has 1 aromatic heterocycles. The molecule has 0 aliphatic heterocycles. The zero-order valence-electron chi connectivity index (χ0n) is 41.9. The minimum atomic E-state index is -2.22. The summed E-state index contributed by atoms with van der Waals surface area (Å²) in [6.07, 6.45) is 3.47. The van der Waals surface area contributed by atoms with Gasteiger partial charge in [-0.05, 0) is 145 Å². The first-order chi connectivity index (χ1) is 38.2. The van der Waals surface area contributed by atoms with Gasteiger partial charge in [-0.3, -0.25) is 0 Å². The zero-order valence-corrected chi connectivity index (χ0v) is 41.9. The topological polar surface area (TPSA) is 8.17 Å². The fraction of sp³-hybridized carbons (Fsp3) is 0.0141. The van der Waals surface area contributed by atoms with Crippen molar-refractivity contribution in [1.29, 1.82) is 0 Å². The highest BCUT2D eigenvalue weighted by atomic mass is 19.2. The van der Waals surface area contributed by atoms with Gasteiger partial charge in [-0.15, -0.1) is 0 Å². The molecule has 0 spiro atoms. The van der Waals surface area contributed by atoms with E-state index < -0.39 is 40.1 Å². The highest BCUT2D eigenvalue weighted by Crippen LogP contribution is 2.59. The van der Waals surface area contributed by atoms with Crippen LogP contribution in [-0.4, -0.2) is 4.57 Å². The van der Waals surface area contributed by atoms with Crippen LogP contribution in [0.2, 0.25) is 0 Å². The van der Waals surface area contributed by atoms with Gasteiger partial charge in [-0.2, -0.15) is 0 Å². The number of fused-ring (bicyclic) bond motifs is 6. The molecule has 0 fully saturated rings. The Labute approximate surface area is 448 Å². The number of halogens is 5. The van der Waals surface area contributed by atoms with Gasteiger partial charge in [0.25, 0.3) is 0 Å². The first-order valence-corrected chi connectivity index (χ1v) is 25.6. The molecule has 0 saturated heterocycles. The minimum absolute atomic E-state index is 0.310. The molecule has 1 aliphatic rings. The SMILES string of the molecule is C=Cc1ccc(-c2ccc3c(c2)c2cc(-c4ccc(N(c5ccc(-c6ccccc6)cc5)c5ccc6c(c5)C(c5ccc(C=C)cc5)(c5c(F)c(F)c(F)c(F)c5F)c5ccccc5-6)cc4)ccc2n3-c2ccccc2)cc1. The Bertz CT molecular complexity index is 4290. The van der Waals surface area contributed by atoms with Gasteiger partial charge >= 0.3 is 0 Å². The van der Waals surface area contributed by atoms with Crippen LogP contribution >= 0.6 is 0 Å². The third-order valence-electron chi connectivity index (χ3n) is 15.4. The molecule has 0 saturated carbocycles. The summed E-state index contributed by atoms with van der Waals surface area (Å²) in [7, 11) is 0. The molecule has 0 radical (unpaired) electrons. The molecular formula is C71H45F5N2. The van der Waals surface area contributed by atoms with Crippen LogP contribution in [0.1, 0.15) is 33.4 Å². The Morgan fingerprint density at radius 3 is 1.33 bits per heavy atom. The van der Waals surface area contributed by atoms with Crippen molar-refractivity contribution >= 4 is 51.0 Å². The predicted octanol–water partition coefficient (Wildman–Crippen LogP) is 19.6. The summed E-state index contributed by atoms with van der Waals surface area (Å²) in [5.41, 5.74) is 12.5. The van der Waals surface area contributed by atoms with E-state index in [2.05, 4.69) is 103 Å². The third-order valence-corrected chi connectivity index (χ3v) is 15.4. The van der Waals surface area contributed by atoms with Crippen molar-refractivity contribution < 1.29 is 22.0 Å². The summed E-state index contributed by atoms with van der Waals surface area (Å²) >= 11 is 0. The predicted molar refractivity (Wildman–Crippen MR) is 309 cm³/mol. The summed E-state index contributed by atoms with van der Waals surface area (Å²) < 4.78 is 82.5. The number of hydrogen-bond acceptors (Lipinski definition) is 1. The molecule has 7 heteroatoms. The molecule has 1 atom stereocenters. The molecule has 11 aromatic carbocycles. The molecular weight excluding hydrogens is 976 g/mol. The maximum Gasteiger partial charge on any atom is 0.200 e. The van der Waals surface area contributed by atoms with Crippen molar-refractivity contribution in [2.75, 3.05) is 4.90 Å². The third kappa shape index (κ3) is 7.60. The Morgan fingerprint density at radius 1 is 0.359 bits per heavy atom. The molecule has 1 unspecified atom stereocenters. The van der Waals surface area contributed by atoms with Crippen molar-refractivity contribution in [2.24, 2.45) is 0 Å². The van der Waals surface area contributed by atoms with E-state index in [4.69, 9.17) is 0 Å². The molecule has 1 aliphatic carbocycles. The van der Waals surface area contributed by atoms with Crippen molar-refractivity contribution in [3.8, 4) is 50.2 Å². The molecule has 1 heterocycles. The maximum atomic E-state index is 16.9. The van der Waals surface area contributed by atoms with E-state index >= 15 is 17.6 Å². The van der Waals surface area contributed by atoms with Crippen LogP contribution in [0.25, 0.3) is 84.2 Å². The van der Waals surface area contributed by atoms with Crippen LogP contribution in [0, 0.1) is 29.1 Å². The lowest BCUT2D eigenvalue weighted by Crippen LogP contribution is -2.33. The Hall–Kier alpha value is -9.85. The van der Waals surface area contributed by atoms with Gasteiger partial charge in [0.1, 0.15) is 0 Å². The van der Waals surface area contributed by atoms with Crippen molar-refractivity contribution in [3.63, 3.8) is 0 Å². The molecule has 374 valence electrons. The van der Waals surface area contributed by atoms with Crippen LogP contribution < -0.4 is 4.90 Å². The van der Waals surface area contributed by atoms with Crippen LogP contribution in [-0.2, 0) is 5.41 Å². The average Bonchev–Trinajstić information content (AvgIpc) is 4.13. The second kappa shape index (κ2) is 19.1. The van der Waals surface area contributed by atoms with Gasteiger partial charge in [0.05, 0.1) is 16.4 Å². The summed E-state index contributed by atoms with van der Waals surface area (Å²) in [5, 5.41) is 2.20. The number of para-hydroxylation sites is 1. The number of aromatic nitrogens is 1. The van der Waals surface area contributed by atoms with Crippen molar-refractivity contribution in [1.82, 2.24) is 4.57 Å². The van der Waals surface area contributed by atoms with Crippen LogP contribution in [0.4, 0.5) is 39.0 Å². The fourth-order valence-electron chi connectivity index (χ4n) is 11.7. The fourth-order valence-corrected chi connectivity index (χ4v) is 11.7. The zero-order chi connectivity index (χ0) is 53.2. The first kappa shape index (κ1) is 47.8. The van der Waals surface area contributed by atoms with Crippen LogP contribution in [0.3, 0.4) is 0 Å². The summed E-state index contributed by atoms with van der Waals surface area (Å²) in [6.45, 7) is 7.81. The second-order valence-electron chi connectivity index (χ2n) is 19.6. The lowest BCUT2D eigenvalue weighted by atomic mass is 9.67. The van der Waals surface area contributed by atoms with E-state index in [1.165, 1.54) is 0 Å². The number of hydrogen-bond donors (Lipinski definition) is 0. The lowest BCUT2D eigenvalue weighted by molar-refractivity contribution is 0.363. The quantitative estimate of drug-likeness (QED) is 0.0712. The average molecular weight is 1020 g/mol. The number of anilines is 3. The Kier molecular flexibility index (Phi) is 11.7. The largest absolute Gasteiger partial charge is 0.310 e. The van der Waals surface area contributed by atoms with Crippen molar-refractivity contribution in [2.45, 2.75) is 5.41 Å².